The van der Waals surface area contributed by atoms with Crippen LogP contribution in [-0.2, 0) is 0 Å². The maximum atomic E-state index is 11.7. The third-order valence-corrected chi connectivity index (χ3v) is 2.84. The molecule has 1 aromatic carbocycles. The van der Waals surface area contributed by atoms with E-state index in [1.54, 1.807) is 17.9 Å². The van der Waals surface area contributed by atoms with Gasteiger partial charge in [-0.3, -0.25) is 4.57 Å². The molecular weight excluding hydrogens is 272 g/mol. The molecule has 16 heavy (non-hydrogen) atoms. The number of ether oxygens (including phenoxy) is 1. The molecule has 0 saturated heterocycles. The fourth-order valence-corrected chi connectivity index (χ4v) is 1.94. The van der Waals surface area contributed by atoms with Crippen molar-refractivity contribution in [3.63, 3.8) is 0 Å². The lowest BCUT2D eigenvalue weighted by Gasteiger charge is -2.10. The summed E-state index contributed by atoms with van der Waals surface area (Å²) in [6.07, 6.45) is 1.67. The van der Waals surface area contributed by atoms with Gasteiger partial charge in [0.15, 0.2) is 0 Å². The first-order valence-corrected chi connectivity index (χ1v) is 5.53. The van der Waals surface area contributed by atoms with Gasteiger partial charge < -0.3 is 9.72 Å². The number of nitrogens with one attached hydrogen (secondary N) is 1. The lowest BCUT2D eigenvalue weighted by Crippen LogP contribution is -2.16. The van der Waals surface area contributed by atoms with Crippen molar-refractivity contribution in [1.82, 2.24) is 9.55 Å². The van der Waals surface area contributed by atoms with Crippen LogP contribution in [0.2, 0.25) is 0 Å². The molecule has 0 aliphatic rings. The SMILES string of the molecule is COc1ccc(Br)cc1-n1c(C)c[nH]c1=O. The van der Waals surface area contributed by atoms with Crippen LogP contribution in [0.15, 0.2) is 33.7 Å². The Labute approximate surface area is 101 Å². The first-order valence-electron chi connectivity index (χ1n) is 4.74. The standard InChI is InChI=1S/C11H11BrN2O2/c1-7-6-13-11(15)14(7)9-5-8(12)3-4-10(9)16-2/h3-6H,1-2H3,(H,13,15). The normalized spacial score (nSPS) is 10.4. The van der Waals surface area contributed by atoms with Gasteiger partial charge in [0, 0.05) is 16.4 Å². The number of aromatic nitrogens is 2. The summed E-state index contributed by atoms with van der Waals surface area (Å²) in [5.74, 6) is 0.660. The van der Waals surface area contributed by atoms with E-state index in [1.807, 2.05) is 25.1 Å². The van der Waals surface area contributed by atoms with Crippen LogP contribution < -0.4 is 10.4 Å². The first kappa shape index (κ1) is 11.0. The summed E-state index contributed by atoms with van der Waals surface area (Å²) in [5, 5.41) is 0. The zero-order chi connectivity index (χ0) is 11.7. The topological polar surface area (TPSA) is 47.0 Å². The quantitative estimate of drug-likeness (QED) is 0.918. The molecule has 0 atom stereocenters. The van der Waals surface area contributed by atoms with E-state index >= 15 is 0 Å². The minimum atomic E-state index is -0.172. The van der Waals surface area contributed by atoms with Crippen molar-refractivity contribution in [2.45, 2.75) is 6.92 Å². The Bertz CT molecular complexity index is 572. The molecule has 84 valence electrons. The van der Waals surface area contributed by atoms with Gasteiger partial charge >= 0.3 is 5.69 Å². The molecule has 4 nitrogen and oxygen atoms in total. The summed E-state index contributed by atoms with van der Waals surface area (Å²) in [7, 11) is 1.58. The highest BCUT2D eigenvalue weighted by atomic mass is 79.9. The minimum absolute atomic E-state index is 0.172. The van der Waals surface area contributed by atoms with Gasteiger partial charge in [0.2, 0.25) is 0 Å². The molecule has 0 saturated carbocycles. The molecule has 0 spiro atoms. The Kier molecular flexibility index (Phi) is 2.87. The molecule has 1 heterocycles. The average Bonchev–Trinajstić information content (AvgIpc) is 2.58. The van der Waals surface area contributed by atoms with Crippen LogP contribution in [0.25, 0.3) is 5.69 Å². The number of methoxy groups -OCH3 is 1. The van der Waals surface area contributed by atoms with Gasteiger partial charge in [-0.2, -0.15) is 0 Å². The molecule has 1 aromatic heterocycles. The third kappa shape index (κ3) is 1.78. The Balaban J connectivity index is 2.72. The third-order valence-electron chi connectivity index (χ3n) is 2.34. The Morgan fingerprint density at radius 3 is 2.75 bits per heavy atom. The largest absolute Gasteiger partial charge is 0.495 e. The smallest absolute Gasteiger partial charge is 0.330 e. The maximum Gasteiger partial charge on any atom is 0.330 e. The van der Waals surface area contributed by atoms with E-state index in [1.165, 1.54) is 0 Å². The van der Waals surface area contributed by atoms with Crippen molar-refractivity contribution in [3.05, 3.63) is 45.0 Å². The maximum absolute atomic E-state index is 11.7. The van der Waals surface area contributed by atoms with E-state index in [2.05, 4.69) is 20.9 Å². The van der Waals surface area contributed by atoms with Gasteiger partial charge in [-0.25, -0.2) is 4.79 Å². The average molecular weight is 283 g/mol. The van der Waals surface area contributed by atoms with Gasteiger partial charge in [-0.05, 0) is 25.1 Å². The molecule has 0 unspecified atom stereocenters. The zero-order valence-electron chi connectivity index (χ0n) is 8.95. The van der Waals surface area contributed by atoms with E-state index < -0.39 is 0 Å². The number of hydrogen-bond acceptors (Lipinski definition) is 2. The number of imidazole rings is 1. The first-order chi connectivity index (χ1) is 7.63. The van der Waals surface area contributed by atoms with Crippen LogP contribution in [0.3, 0.4) is 0 Å². The number of rotatable bonds is 2. The lowest BCUT2D eigenvalue weighted by molar-refractivity contribution is 0.412. The van der Waals surface area contributed by atoms with Gasteiger partial charge in [0.1, 0.15) is 5.75 Å². The van der Waals surface area contributed by atoms with Gasteiger partial charge in [-0.1, -0.05) is 15.9 Å². The summed E-state index contributed by atoms with van der Waals surface area (Å²) in [5.41, 5.74) is 1.39. The molecular formula is C11H11BrN2O2. The number of H-pyrrole nitrogens is 1. The summed E-state index contributed by atoms with van der Waals surface area (Å²) in [6.45, 7) is 1.86. The van der Waals surface area contributed by atoms with Crippen LogP contribution in [0.4, 0.5) is 0 Å². The summed E-state index contributed by atoms with van der Waals surface area (Å²) < 4.78 is 7.71. The van der Waals surface area contributed by atoms with E-state index in [4.69, 9.17) is 4.74 Å². The second-order valence-corrected chi connectivity index (χ2v) is 4.30. The number of benzene rings is 1. The van der Waals surface area contributed by atoms with Crippen molar-refractivity contribution in [2.75, 3.05) is 7.11 Å². The Morgan fingerprint density at radius 2 is 2.19 bits per heavy atom. The van der Waals surface area contributed by atoms with Crippen LogP contribution in [-0.4, -0.2) is 16.7 Å². The van der Waals surface area contributed by atoms with Gasteiger partial charge in [0.25, 0.3) is 0 Å². The summed E-state index contributed by atoms with van der Waals surface area (Å²) >= 11 is 3.38. The molecule has 2 aromatic rings. The molecule has 0 radical (unpaired) electrons. The number of aryl methyl sites for hydroxylation is 1. The van der Waals surface area contributed by atoms with E-state index in [0.29, 0.717) is 5.75 Å². The molecule has 0 aliphatic carbocycles. The van der Waals surface area contributed by atoms with Gasteiger partial charge in [0.05, 0.1) is 12.8 Å². The molecule has 0 aliphatic heterocycles. The van der Waals surface area contributed by atoms with Crippen molar-refractivity contribution < 1.29 is 4.74 Å². The number of aromatic amines is 1. The highest BCUT2D eigenvalue weighted by molar-refractivity contribution is 9.10. The highest BCUT2D eigenvalue weighted by Crippen LogP contribution is 2.26. The molecule has 0 amide bonds. The van der Waals surface area contributed by atoms with E-state index in [9.17, 15) is 4.79 Å². The van der Waals surface area contributed by atoms with Crippen molar-refractivity contribution in [3.8, 4) is 11.4 Å². The van der Waals surface area contributed by atoms with E-state index in [-0.39, 0.29) is 5.69 Å². The van der Waals surface area contributed by atoms with Crippen LogP contribution in [0, 0.1) is 6.92 Å². The fourth-order valence-electron chi connectivity index (χ4n) is 1.59. The van der Waals surface area contributed by atoms with Crippen molar-refractivity contribution in [2.24, 2.45) is 0 Å². The van der Waals surface area contributed by atoms with Gasteiger partial charge in [-0.15, -0.1) is 0 Å². The monoisotopic (exact) mass is 282 g/mol. The fraction of sp³-hybridized carbons (Fsp3) is 0.182. The highest BCUT2D eigenvalue weighted by Gasteiger charge is 2.10. The van der Waals surface area contributed by atoms with Crippen molar-refractivity contribution >= 4 is 15.9 Å². The molecule has 0 fully saturated rings. The van der Waals surface area contributed by atoms with Crippen LogP contribution in [0.1, 0.15) is 5.69 Å². The second kappa shape index (κ2) is 4.17. The molecule has 1 N–H and O–H groups in total. The predicted octanol–water partition coefficient (Wildman–Crippen LogP) is 2.25. The van der Waals surface area contributed by atoms with E-state index in [0.717, 1.165) is 15.9 Å². The number of hydrogen-bond donors (Lipinski definition) is 1. The molecule has 2 rings (SSSR count). The predicted molar refractivity (Wildman–Crippen MR) is 65.4 cm³/mol. The number of halogens is 1. The van der Waals surface area contributed by atoms with Crippen molar-refractivity contribution in [1.29, 1.82) is 0 Å². The number of nitrogens with zero attached hydrogens (tertiary/aromatic N) is 1. The van der Waals surface area contributed by atoms with Crippen LogP contribution >= 0.6 is 15.9 Å². The lowest BCUT2D eigenvalue weighted by atomic mass is 10.3. The second-order valence-electron chi connectivity index (χ2n) is 3.39. The Morgan fingerprint density at radius 1 is 1.44 bits per heavy atom. The zero-order valence-corrected chi connectivity index (χ0v) is 10.5. The Hall–Kier alpha value is -1.49. The minimum Gasteiger partial charge on any atom is -0.495 e. The molecule has 0 bridgehead atoms. The summed E-state index contributed by atoms with van der Waals surface area (Å²) in [4.78, 5) is 14.3. The van der Waals surface area contributed by atoms with Crippen LogP contribution in [0.5, 0.6) is 5.75 Å². The molecule has 5 heteroatoms. The summed E-state index contributed by atoms with van der Waals surface area (Å²) in [6, 6.07) is 5.54.